The van der Waals surface area contributed by atoms with Crippen LogP contribution in [-0.4, -0.2) is 28.9 Å². The van der Waals surface area contributed by atoms with Crippen molar-refractivity contribution in [3.8, 4) is 0 Å². The topological polar surface area (TPSA) is 95.5 Å². The van der Waals surface area contributed by atoms with Gasteiger partial charge < -0.3 is 15.7 Å². The lowest BCUT2D eigenvalue weighted by molar-refractivity contribution is -0.142. The van der Waals surface area contributed by atoms with E-state index in [1.54, 1.807) is 58.9 Å². The van der Waals surface area contributed by atoms with E-state index in [1.807, 2.05) is 6.07 Å². The average molecular weight is 334 g/mol. The first-order valence-corrected chi connectivity index (χ1v) is 7.93. The van der Waals surface area contributed by atoms with Crippen LogP contribution in [0, 0.1) is 11.3 Å². The van der Waals surface area contributed by atoms with E-state index in [1.165, 1.54) is 0 Å². The number of aliphatic carboxylic acids is 1. The minimum Gasteiger partial charge on any atom is -0.481 e. The zero-order chi connectivity index (χ0) is 18.5. The Balaban J connectivity index is 2.88. The van der Waals surface area contributed by atoms with E-state index in [-0.39, 0.29) is 5.91 Å². The Bertz CT molecular complexity index is 593. The highest BCUT2D eigenvalue weighted by atomic mass is 16.4. The molecule has 1 rings (SSSR count). The smallest absolute Gasteiger partial charge is 0.308 e. The number of carboxylic acid groups (broad SMARTS) is 1. The summed E-state index contributed by atoms with van der Waals surface area (Å²) >= 11 is 0. The normalized spacial score (nSPS) is 15.0. The number of carbonyl (C=O) groups excluding carboxylic acids is 2. The van der Waals surface area contributed by atoms with Crippen molar-refractivity contribution in [2.45, 2.75) is 46.7 Å². The summed E-state index contributed by atoms with van der Waals surface area (Å²) in [7, 11) is 0. The second-order valence-corrected chi connectivity index (χ2v) is 6.97. The third-order valence-corrected chi connectivity index (χ3v) is 3.77. The van der Waals surface area contributed by atoms with Gasteiger partial charge in [0.1, 0.15) is 6.04 Å². The third-order valence-electron chi connectivity index (χ3n) is 3.77. The molecule has 24 heavy (non-hydrogen) atoms. The van der Waals surface area contributed by atoms with Crippen LogP contribution >= 0.6 is 0 Å². The maximum absolute atomic E-state index is 12.4. The first-order chi connectivity index (χ1) is 11.0. The van der Waals surface area contributed by atoms with Gasteiger partial charge in [-0.2, -0.15) is 0 Å². The molecule has 6 heteroatoms. The Labute approximate surface area is 142 Å². The fraction of sp³-hybridized carbons (Fsp3) is 0.500. The van der Waals surface area contributed by atoms with Gasteiger partial charge in [0.25, 0.3) is 0 Å². The molecule has 0 heterocycles. The van der Waals surface area contributed by atoms with Crippen LogP contribution in [0.15, 0.2) is 30.3 Å². The van der Waals surface area contributed by atoms with Crippen molar-refractivity contribution in [2.75, 3.05) is 0 Å². The van der Waals surface area contributed by atoms with E-state index in [9.17, 15) is 19.5 Å². The Morgan fingerprint density at radius 2 is 1.54 bits per heavy atom. The number of carbonyl (C=O) groups is 3. The molecule has 0 saturated carbocycles. The van der Waals surface area contributed by atoms with Gasteiger partial charge in [0.2, 0.25) is 11.8 Å². The fourth-order valence-electron chi connectivity index (χ4n) is 2.06. The van der Waals surface area contributed by atoms with Crippen molar-refractivity contribution in [3.05, 3.63) is 35.9 Å². The van der Waals surface area contributed by atoms with Gasteiger partial charge in [-0.05, 0) is 19.4 Å². The van der Waals surface area contributed by atoms with Gasteiger partial charge in [-0.1, -0.05) is 51.1 Å². The molecule has 0 saturated heterocycles. The largest absolute Gasteiger partial charge is 0.481 e. The lowest BCUT2D eigenvalue weighted by Gasteiger charge is -2.26. The molecule has 3 atom stereocenters. The maximum Gasteiger partial charge on any atom is 0.308 e. The maximum atomic E-state index is 12.4. The highest BCUT2D eigenvalue weighted by Crippen LogP contribution is 2.22. The predicted molar refractivity (Wildman–Crippen MR) is 91.2 cm³/mol. The Morgan fingerprint density at radius 3 is 2.00 bits per heavy atom. The molecular formula is C18H26N2O4. The molecule has 0 spiro atoms. The summed E-state index contributed by atoms with van der Waals surface area (Å²) < 4.78 is 0. The molecule has 132 valence electrons. The average Bonchev–Trinajstić information content (AvgIpc) is 2.51. The number of benzene rings is 1. The molecule has 0 aliphatic rings. The summed E-state index contributed by atoms with van der Waals surface area (Å²) in [5, 5.41) is 14.7. The third kappa shape index (κ3) is 5.37. The number of nitrogens with one attached hydrogen (secondary N) is 2. The van der Waals surface area contributed by atoms with E-state index in [2.05, 4.69) is 10.6 Å². The first kappa shape index (κ1) is 19.7. The van der Waals surface area contributed by atoms with Crippen molar-refractivity contribution in [1.82, 2.24) is 10.6 Å². The number of rotatable bonds is 6. The van der Waals surface area contributed by atoms with Crippen LogP contribution in [0.4, 0.5) is 0 Å². The van der Waals surface area contributed by atoms with Crippen molar-refractivity contribution >= 4 is 17.8 Å². The van der Waals surface area contributed by atoms with E-state index in [4.69, 9.17) is 0 Å². The minimum atomic E-state index is -1.00. The summed E-state index contributed by atoms with van der Waals surface area (Å²) in [6.45, 7) is 8.38. The molecule has 0 aliphatic heterocycles. The molecule has 3 N–H and O–H groups in total. The van der Waals surface area contributed by atoms with E-state index in [0.29, 0.717) is 5.56 Å². The first-order valence-electron chi connectivity index (χ1n) is 7.93. The van der Waals surface area contributed by atoms with Crippen LogP contribution in [0.3, 0.4) is 0 Å². The monoisotopic (exact) mass is 334 g/mol. The Kier molecular flexibility index (Phi) is 6.51. The lowest BCUT2D eigenvalue weighted by Crippen LogP contribution is -2.50. The highest BCUT2D eigenvalue weighted by Gasteiger charge is 2.30. The van der Waals surface area contributed by atoms with Gasteiger partial charge in [-0.15, -0.1) is 0 Å². The van der Waals surface area contributed by atoms with Crippen LogP contribution in [0.25, 0.3) is 0 Å². The molecule has 2 amide bonds. The molecule has 0 radical (unpaired) electrons. The van der Waals surface area contributed by atoms with Gasteiger partial charge in [0.05, 0.1) is 12.0 Å². The minimum absolute atomic E-state index is 0.243. The van der Waals surface area contributed by atoms with E-state index < -0.39 is 35.3 Å². The van der Waals surface area contributed by atoms with Gasteiger partial charge in [0.15, 0.2) is 0 Å². The number of carboxylic acids is 1. The van der Waals surface area contributed by atoms with Crippen LogP contribution < -0.4 is 10.6 Å². The number of hydrogen-bond donors (Lipinski definition) is 3. The molecule has 1 aromatic rings. The van der Waals surface area contributed by atoms with Gasteiger partial charge in [-0.25, -0.2) is 0 Å². The summed E-state index contributed by atoms with van der Waals surface area (Å²) in [6.07, 6.45) is 0. The van der Waals surface area contributed by atoms with Gasteiger partial charge >= 0.3 is 5.97 Å². The fourth-order valence-corrected chi connectivity index (χ4v) is 2.06. The SMILES string of the molecule is C[C@H](NC(=O)C(C)(C)C)C(=O)N[C@@H](c1ccccc1)[C@H](C)C(=O)O. The molecule has 1 aromatic carbocycles. The summed E-state index contributed by atoms with van der Waals surface area (Å²) in [5.41, 5.74) is 0.0944. The molecule has 0 aromatic heterocycles. The second kappa shape index (κ2) is 7.95. The molecule has 0 fully saturated rings. The summed E-state index contributed by atoms with van der Waals surface area (Å²) in [5.74, 6) is -2.47. The van der Waals surface area contributed by atoms with Crippen molar-refractivity contribution in [3.63, 3.8) is 0 Å². The number of hydrogen-bond acceptors (Lipinski definition) is 3. The van der Waals surface area contributed by atoms with Crippen LogP contribution in [0.5, 0.6) is 0 Å². The van der Waals surface area contributed by atoms with Crippen molar-refractivity contribution in [1.29, 1.82) is 0 Å². The Morgan fingerprint density at radius 1 is 1.00 bits per heavy atom. The summed E-state index contributed by atoms with van der Waals surface area (Å²) in [4.78, 5) is 35.7. The number of amides is 2. The van der Waals surface area contributed by atoms with Gasteiger partial charge in [-0.3, -0.25) is 14.4 Å². The molecule has 0 unspecified atom stereocenters. The van der Waals surface area contributed by atoms with E-state index in [0.717, 1.165) is 0 Å². The quantitative estimate of drug-likeness (QED) is 0.742. The summed E-state index contributed by atoms with van der Waals surface area (Å²) in [6, 6.07) is 7.49. The highest BCUT2D eigenvalue weighted by molar-refractivity contribution is 5.89. The van der Waals surface area contributed by atoms with Crippen molar-refractivity contribution < 1.29 is 19.5 Å². The second-order valence-electron chi connectivity index (χ2n) is 6.97. The predicted octanol–water partition coefficient (Wildman–Crippen LogP) is 2.12. The molecular weight excluding hydrogens is 308 g/mol. The zero-order valence-corrected chi connectivity index (χ0v) is 14.8. The molecule has 6 nitrogen and oxygen atoms in total. The van der Waals surface area contributed by atoms with E-state index >= 15 is 0 Å². The molecule has 0 aliphatic carbocycles. The molecule has 0 bridgehead atoms. The van der Waals surface area contributed by atoms with Crippen molar-refractivity contribution in [2.24, 2.45) is 11.3 Å². The lowest BCUT2D eigenvalue weighted by atomic mass is 9.93. The van der Waals surface area contributed by atoms with Gasteiger partial charge in [0, 0.05) is 5.41 Å². The van der Waals surface area contributed by atoms with Crippen LogP contribution in [0.2, 0.25) is 0 Å². The zero-order valence-electron chi connectivity index (χ0n) is 14.8. The Hall–Kier alpha value is -2.37. The van der Waals surface area contributed by atoms with Crippen LogP contribution in [0.1, 0.15) is 46.2 Å². The van der Waals surface area contributed by atoms with Crippen LogP contribution in [-0.2, 0) is 14.4 Å². The standard InChI is InChI=1S/C18H26N2O4/c1-11(16(22)23)14(13-9-7-6-8-10-13)20-15(21)12(2)19-17(24)18(3,4)5/h6-12,14H,1-5H3,(H,19,24)(H,20,21)(H,22,23)/t11-,12-,14+/m0/s1.